The molecule has 3 heterocycles. The van der Waals surface area contributed by atoms with Gasteiger partial charge in [-0.15, -0.1) is 0 Å². The zero-order chi connectivity index (χ0) is 26.4. The molecule has 2 aromatic heterocycles. The number of halogens is 1. The summed E-state index contributed by atoms with van der Waals surface area (Å²) in [7, 11) is 4.93. The van der Waals surface area contributed by atoms with Gasteiger partial charge in [-0.25, -0.2) is 14.4 Å². The fourth-order valence-electron chi connectivity index (χ4n) is 4.03. The van der Waals surface area contributed by atoms with Crippen LogP contribution in [0.3, 0.4) is 0 Å². The molecular formula is C25H31FN8O3. The van der Waals surface area contributed by atoms with Gasteiger partial charge in [0.05, 0.1) is 19.0 Å². The third-order valence-corrected chi connectivity index (χ3v) is 6.25. The van der Waals surface area contributed by atoms with E-state index in [0.29, 0.717) is 35.6 Å². The highest BCUT2D eigenvalue weighted by Gasteiger charge is 2.19. The quantitative estimate of drug-likeness (QED) is 0.445. The van der Waals surface area contributed by atoms with Crippen molar-refractivity contribution in [1.82, 2.24) is 34.9 Å². The van der Waals surface area contributed by atoms with Gasteiger partial charge in [0.2, 0.25) is 11.9 Å². The van der Waals surface area contributed by atoms with Crippen LogP contribution in [0.25, 0.3) is 0 Å². The van der Waals surface area contributed by atoms with Crippen LogP contribution in [0, 0.1) is 5.82 Å². The second-order valence-corrected chi connectivity index (χ2v) is 8.88. The lowest BCUT2D eigenvalue weighted by atomic mass is 10.0. The third-order valence-electron chi connectivity index (χ3n) is 6.25. The summed E-state index contributed by atoms with van der Waals surface area (Å²) < 4.78 is 21.4. The molecule has 4 rings (SSSR count). The van der Waals surface area contributed by atoms with E-state index in [1.165, 1.54) is 26.3 Å². The van der Waals surface area contributed by atoms with Crippen LogP contribution in [0.5, 0.6) is 5.75 Å². The number of aromatic nitrogens is 4. The number of likely N-dealkylation sites (N-methyl/N-ethyl adjacent to an activating group) is 1. The van der Waals surface area contributed by atoms with Crippen LogP contribution in [0.4, 0.5) is 16.0 Å². The maximum atomic E-state index is 14.7. The number of anilines is 2. The second kappa shape index (κ2) is 11.8. The van der Waals surface area contributed by atoms with Gasteiger partial charge in [0.1, 0.15) is 6.54 Å². The van der Waals surface area contributed by atoms with Gasteiger partial charge in [0.25, 0.3) is 5.91 Å². The number of piperazine rings is 1. The summed E-state index contributed by atoms with van der Waals surface area (Å²) in [6.45, 7) is 3.36. The van der Waals surface area contributed by atoms with Crippen molar-refractivity contribution in [1.29, 1.82) is 0 Å². The topological polar surface area (TPSA) is 118 Å². The van der Waals surface area contributed by atoms with Crippen molar-refractivity contribution in [2.75, 3.05) is 52.7 Å². The second-order valence-electron chi connectivity index (χ2n) is 8.88. The summed E-state index contributed by atoms with van der Waals surface area (Å²) in [5.41, 5.74) is 2.18. The lowest BCUT2D eigenvalue weighted by molar-refractivity contribution is -0.133. The number of carbonyl (C=O) groups is 2. The molecule has 0 spiro atoms. The van der Waals surface area contributed by atoms with Gasteiger partial charge in [-0.2, -0.15) is 5.10 Å². The van der Waals surface area contributed by atoms with Gasteiger partial charge >= 0.3 is 0 Å². The molecule has 12 heteroatoms. The minimum atomic E-state index is -0.488. The van der Waals surface area contributed by atoms with Gasteiger partial charge in [0, 0.05) is 57.4 Å². The fourth-order valence-corrected chi connectivity index (χ4v) is 4.03. The van der Waals surface area contributed by atoms with Crippen molar-refractivity contribution in [3.8, 4) is 5.75 Å². The molecule has 1 saturated heterocycles. The Morgan fingerprint density at radius 1 is 1.08 bits per heavy atom. The van der Waals surface area contributed by atoms with Crippen molar-refractivity contribution in [3.63, 3.8) is 0 Å². The van der Waals surface area contributed by atoms with E-state index in [1.54, 1.807) is 29.5 Å². The Labute approximate surface area is 214 Å². The lowest BCUT2D eigenvalue weighted by Gasteiger charge is -2.32. The Morgan fingerprint density at radius 3 is 2.49 bits per heavy atom. The molecule has 1 aliphatic rings. The average molecular weight is 511 g/mol. The SMILES string of the molecule is CNC(=O)c1cc(CCc2cnc(Nc3cnn(CC(=O)N4CCN(C)CC4)c3)nc2)c(F)c(OC)c1. The van der Waals surface area contributed by atoms with Gasteiger partial charge in [0.15, 0.2) is 11.6 Å². The Morgan fingerprint density at radius 2 is 1.81 bits per heavy atom. The molecule has 0 unspecified atom stereocenters. The number of amides is 2. The van der Waals surface area contributed by atoms with E-state index in [4.69, 9.17) is 4.74 Å². The molecule has 0 atom stereocenters. The van der Waals surface area contributed by atoms with Gasteiger partial charge in [-0.1, -0.05) is 0 Å². The molecule has 0 saturated carbocycles. The first kappa shape index (κ1) is 26.0. The minimum Gasteiger partial charge on any atom is -0.494 e. The zero-order valence-electron chi connectivity index (χ0n) is 21.2. The third kappa shape index (κ3) is 6.58. The van der Waals surface area contributed by atoms with Gasteiger partial charge < -0.3 is 25.2 Å². The van der Waals surface area contributed by atoms with E-state index in [0.717, 1.165) is 31.7 Å². The van der Waals surface area contributed by atoms with Gasteiger partial charge in [-0.05, 0) is 43.1 Å². The minimum absolute atomic E-state index is 0.0256. The molecular weight excluding hydrogens is 479 g/mol. The fraction of sp³-hybridized carbons (Fsp3) is 0.400. The lowest BCUT2D eigenvalue weighted by Crippen LogP contribution is -2.48. The first-order valence-corrected chi connectivity index (χ1v) is 12.0. The molecule has 37 heavy (non-hydrogen) atoms. The van der Waals surface area contributed by atoms with Crippen LogP contribution < -0.4 is 15.4 Å². The standard InChI is InChI=1S/C25H31FN8O3/c1-27-24(36)19-10-18(23(26)21(11-19)37-3)5-4-17-12-28-25(29-13-17)31-20-14-30-34(15-20)16-22(35)33-8-6-32(2)7-9-33/h10-15H,4-9,16H2,1-3H3,(H,27,36)(H,28,29,31). The van der Waals surface area contributed by atoms with E-state index >= 15 is 0 Å². The number of aryl methyl sites for hydroxylation is 2. The summed E-state index contributed by atoms with van der Waals surface area (Å²) >= 11 is 0. The number of carbonyl (C=O) groups excluding carboxylic acids is 2. The molecule has 2 N–H and O–H groups in total. The van der Waals surface area contributed by atoms with Crippen LogP contribution >= 0.6 is 0 Å². The molecule has 196 valence electrons. The van der Waals surface area contributed by atoms with Crippen molar-refractivity contribution in [3.05, 3.63) is 59.4 Å². The number of benzene rings is 1. The summed E-state index contributed by atoms with van der Waals surface area (Å²) in [6.07, 6.45) is 7.49. The molecule has 2 amide bonds. The Bertz CT molecular complexity index is 1240. The summed E-state index contributed by atoms with van der Waals surface area (Å²) in [6, 6.07) is 2.91. The maximum Gasteiger partial charge on any atom is 0.251 e. The molecule has 0 bridgehead atoms. The predicted octanol–water partition coefficient (Wildman–Crippen LogP) is 1.48. The van der Waals surface area contributed by atoms with Crippen LogP contribution in [-0.2, 0) is 24.2 Å². The largest absolute Gasteiger partial charge is 0.494 e. The Balaban J connectivity index is 1.33. The van der Waals surface area contributed by atoms with Crippen molar-refractivity contribution in [2.24, 2.45) is 0 Å². The number of ether oxygens (including phenoxy) is 1. The van der Waals surface area contributed by atoms with Gasteiger partial charge in [-0.3, -0.25) is 14.3 Å². The van der Waals surface area contributed by atoms with Crippen molar-refractivity contribution < 1.29 is 18.7 Å². The van der Waals surface area contributed by atoms with Crippen LogP contribution in [0.2, 0.25) is 0 Å². The van der Waals surface area contributed by atoms with E-state index in [1.807, 2.05) is 11.9 Å². The highest BCUT2D eigenvalue weighted by Crippen LogP contribution is 2.24. The number of hydrogen-bond acceptors (Lipinski definition) is 8. The summed E-state index contributed by atoms with van der Waals surface area (Å²) in [5, 5.41) is 9.87. The molecule has 1 aromatic carbocycles. The molecule has 0 aliphatic carbocycles. The number of nitrogens with one attached hydrogen (secondary N) is 2. The van der Waals surface area contributed by atoms with E-state index in [9.17, 15) is 14.0 Å². The van der Waals surface area contributed by atoms with E-state index < -0.39 is 5.82 Å². The number of methoxy groups -OCH3 is 1. The Hall–Kier alpha value is -4.06. The number of rotatable bonds is 9. The normalized spacial score (nSPS) is 13.9. The Kier molecular flexibility index (Phi) is 8.29. The molecule has 1 fully saturated rings. The summed E-state index contributed by atoms with van der Waals surface area (Å²) in [4.78, 5) is 37.2. The maximum absolute atomic E-state index is 14.7. The van der Waals surface area contributed by atoms with Crippen molar-refractivity contribution >= 4 is 23.5 Å². The number of hydrogen-bond donors (Lipinski definition) is 2. The molecule has 3 aromatic rings. The first-order chi connectivity index (χ1) is 17.9. The molecule has 11 nitrogen and oxygen atoms in total. The highest BCUT2D eigenvalue weighted by molar-refractivity contribution is 5.94. The smallest absolute Gasteiger partial charge is 0.251 e. The molecule has 1 aliphatic heterocycles. The molecule has 0 radical (unpaired) electrons. The zero-order valence-corrected chi connectivity index (χ0v) is 21.2. The van der Waals surface area contributed by atoms with E-state index in [2.05, 4.69) is 30.6 Å². The van der Waals surface area contributed by atoms with Crippen molar-refractivity contribution in [2.45, 2.75) is 19.4 Å². The number of nitrogens with zero attached hydrogens (tertiary/aromatic N) is 6. The average Bonchev–Trinajstić information content (AvgIpc) is 3.35. The van der Waals surface area contributed by atoms with Crippen LogP contribution in [0.1, 0.15) is 21.5 Å². The summed E-state index contributed by atoms with van der Waals surface area (Å²) in [5.74, 6) is -0.359. The first-order valence-electron chi connectivity index (χ1n) is 12.0. The predicted molar refractivity (Wildman–Crippen MR) is 135 cm³/mol. The highest BCUT2D eigenvalue weighted by atomic mass is 19.1. The van der Waals surface area contributed by atoms with Crippen LogP contribution in [0.15, 0.2) is 36.9 Å². The van der Waals surface area contributed by atoms with E-state index in [-0.39, 0.29) is 24.1 Å². The van der Waals surface area contributed by atoms with Crippen LogP contribution in [-0.4, -0.2) is 88.7 Å². The monoisotopic (exact) mass is 510 g/mol.